The fourth-order valence-corrected chi connectivity index (χ4v) is 3.57. The zero-order valence-corrected chi connectivity index (χ0v) is 12.0. The molecule has 0 radical (unpaired) electrons. The highest BCUT2D eigenvalue weighted by molar-refractivity contribution is 7.91. The molecule has 0 saturated carbocycles. The lowest BCUT2D eigenvalue weighted by Crippen LogP contribution is -2.11. The highest BCUT2D eigenvalue weighted by Crippen LogP contribution is 2.26. The quantitative estimate of drug-likeness (QED) is 0.801. The van der Waals surface area contributed by atoms with E-state index >= 15 is 0 Å². The Balaban J connectivity index is 3.05. The summed E-state index contributed by atoms with van der Waals surface area (Å²) in [5, 5.41) is 0. The topological polar surface area (TPSA) is 69.4 Å². The average Bonchev–Trinajstić information content (AvgIpc) is 2.31. The predicted molar refractivity (Wildman–Crippen MR) is 72.8 cm³/mol. The standard InChI is InChI=1S/C13H21NO3S/c1-10-9-13(11(2)8-12(10)17-3)18(15,16)7-5-4-6-14/h8-9H,4-7,14H2,1-3H3. The van der Waals surface area contributed by atoms with Crippen LogP contribution in [0.25, 0.3) is 0 Å². The second-order valence-corrected chi connectivity index (χ2v) is 6.48. The molecule has 0 heterocycles. The minimum absolute atomic E-state index is 0.150. The van der Waals surface area contributed by atoms with Crippen LogP contribution in [0.1, 0.15) is 24.0 Å². The lowest BCUT2D eigenvalue weighted by Gasteiger charge is -2.11. The maximum absolute atomic E-state index is 12.2. The number of methoxy groups -OCH3 is 1. The van der Waals surface area contributed by atoms with Crippen LogP contribution in [0.4, 0.5) is 0 Å². The van der Waals surface area contributed by atoms with Crippen molar-refractivity contribution in [3.8, 4) is 5.75 Å². The molecule has 4 nitrogen and oxygen atoms in total. The average molecular weight is 271 g/mol. The molecule has 0 bridgehead atoms. The number of hydrogen-bond donors (Lipinski definition) is 1. The SMILES string of the molecule is COc1cc(C)c(S(=O)(=O)CCCCN)cc1C. The smallest absolute Gasteiger partial charge is 0.178 e. The second kappa shape index (κ2) is 6.20. The molecular formula is C13H21NO3S. The Morgan fingerprint density at radius 2 is 1.83 bits per heavy atom. The van der Waals surface area contributed by atoms with Gasteiger partial charge in [-0.1, -0.05) is 0 Å². The molecule has 0 amide bonds. The molecule has 0 fully saturated rings. The Kier molecular flexibility index (Phi) is 5.16. The second-order valence-electron chi connectivity index (χ2n) is 4.40. The molecule has 18 heavy (non-hydrogen) atoms. The van der Waals surface area contributed by atoms with Crippen molar-refractivity contribution in [1.82, 2.24) is 0 Å². The van der Waals surface area contributed by atoms with Gasteiger partial charge in [0.25, 0.3) is 0 Å². The summed E-state index contributed by atoms with van der Waals surface area (Å²) in [6.45, 7) is 4.16. The summed E-state index contributed by atoms with van der Waals surface area (Å²) in [5.41, 5.74) is 6.94. The van der Waals surface area contributed by atoms with Gasteiger partial charge in [0.2, 0.25) is 0 Å². The molecule has 0 aliphatic heterocycles. The first-order valence-electron chi connectivity index (χ1n) is 6.00. The summed E-state index contributed by atoms with van der Waals surface area (Å²) in [4.78, 5) is 0.401. The molecule has 0 atom stereocenters. The van der Waals surface area contributed by atoms with Crippen LogP contribution in [0.5, 0.6) is 5.75 Å². The third kappa shape index (κ3) is 3.46. The van der Waals surface area contributed by atoms with E-state index in [2.05, 4.69) is 0 Å². The van der Waals surface area contributed by atoms with Crippen molar-refractivity contribution in [2.45, 2.75) is 31.6 Å². The van der Waals surface area contributed by atoms with Crippen molar-refractivity contribution >= 4 is 9.84 Å². The number of hydrogen-bond acceptors (Lipinski definition) is 4. The summed E-state index contributed by atoms with van der Waals surface area (Å²) in [5.74, 6) is 0.866. The molecule has 0 aliphatic rings. The van der Waals surface area contributed by atoms with Gasteiger partial charge in [-0.2, -0.15) is 0 Å². The molecule has 1 rings (SSSR count). The van der Waals surface area contributed by atoms with E-state index in [4.69, 9.17) is 10.5 Å². The van der Waals surface area contributed by atoms with Gasteiger partial charge in [0.15, 0.2) is 9.84 Å². The number of rotatable bonds is 6. The first-order valence-corrected chi connectivity index (χ1v) is 7.65. The Morgan fingerprint density at radius 1 is 1.17 bits per heavy atom. The highest BCUT2D eigenvalue weighted by Gasteiger charge is 2.18. The maximum Gasteiger partial charge on any atom is 0.178 e. The van der Waals surface area contributed by atoms with Crippen molar-refractivity contribution in [3.63, 3.8) is 0 Å². The van der Waals surface area contributed by atoms with E-state index in [0.29, 0.717) is 23.6 Å². The lowest BCUT2D eigenvalue weighted by molar-refractivity contribution is 0.411. The van der Waals surface area contributed by atoms with Crippen molar-refractivity contribution in [2.24, 2.45) is 5.73 Å². The summed E-state index contributed by atoms with van der Waals surface area (Å²) in [7, 11) is -1.64. The van der Waals surface area contributed by atoms with Crippen LogP contribution in [0.15, 0.2) is 17.0 Å². The minimum Gasteiger partial charge on any atom is -0.496 e. The Morgan fingerprint density at radius 3 is 2.39 bits per heavy atom. The monoisotopic (exact) mass is 271 g/mol. The van der Waals surface area contributed by atoms with E-state index in [1.807, 2.05) is 6.92 Å². The number of aryl methyl sites for hydroxylation is 2. The molecule has 1 aromatic carbocycles. The number of unbranched alkanes of at least 4 members (excludes halogenated alkanes) is 1. The highest BCUT2D eigenvalue weighted by atomic mass is 32.2. The van der Waals surface area contributed by atoms with Crippen LogP contribution in [0.2, 0.25) is 0 Å². The first kappa shape index (κ1) is 15.0. The third-order valence-corrected chi connectivity index (χ3v) is 4.83. The van der Waals surface area contributed by atoms with Gasteiger partial charge in [-0.3, -0.25) is 0 Å². The van der Waals surface area contributed by atoms with Gasteiger partial charge in [0.1, 0.15) is 5.75 Å². The largest absolute Gasteiger partial charge is 0.496 e. The van der Waals surface area contributed by atoms with Gasteiger partial charge < -0.3 is 10.5 Å². The van der Waals surface area contributed by atoms with Gasteiger partial charge >= 0.3 is 0 Å². The van der Waals surface area contributed by atoms with Gasteiger partial charge in [0.05, 0.1) is 17.8 Å². The van der Waals surface area contributed by atoms with Crippen molar-refractivity contribution < 1.29 is 13.2 Å². The Bertz CT molecular complexity index is 509. The Labute approximate surface area is 109 Å². The molecule has 2 N–H and O–H groups in total. The van der Waals surface area contributed by atoms with Crippen LogP contribution >= 0.6 is 0 Å². The van der Waals surface area contributed by atoms with Crippen LogP contribution in [0, 0.1) is 13.8 Å². The van der Waals surface area contributed by atoms with Crippen LogP contribution in [-0.2, 0) is 9.84 Å². The number of sulfone groups is 1. The van der Waals surface area contributed by atoms with Gasteiger partial charge in [-0.25, -0.2) is 8.42 Å². The summed E-state index contributed by atoms with van der Waals surface area (Å²) < 4.78 is 29.6. The predicted octanol–water partition coefficient (Wildman–Crippen LogP) is 1.82. The number of benzene rings is 1. The first-order chi connectivity index (χ1) is 8.42. The van der Waals surface area contributed by atoms with E-state index in [9.17, 15) is 8.42 Å². The van der Waals surface area contributed by atoms with E-state index in [1.165, 1.54) is 0 Å². The maximum atomic E-state index is 12.2. The summed E-state index contributed by atoms with van der Waals surface area (Å²) >= 11 is 0. The molecule has 0 unspecified atom stereocenters. The third-order valence-electron chi connectivity index (χ3n) is 2.89. The van der Waals surface area contributed by atoms with E-state index in [0.717, 1.165) is 17.5 Å². The van der Waals surface area contributed by atoms with Crippen molar-refractivity contribution in [2.75, 3.05) is 19.4 Å². The fraction of sp³-hybridized carbons (Fsp3) is 0.538. The molecule has 0 aromatic heterocycles. The molecule has 0 saturated heterocycles. The van der Waals surface area contributed by atoms with E-state index in [1.54, 1.807) is 26.2 Å². The van der Waals surface area contributed by atoms with Gasteiger partial charge in [-0.05, 0) is 56.5 Å². The van der Waals surface area contributed by atoms with Crippen LogP contribution < -0.4 is 10.5 Å². The van der Waals surface area contributed by atoms with Gasteiger partial charge in [0, 0.05) is 0 Å². The fourth-order valence-electron chi connectivity index (χ4n) is 1.86. The zero-order valence-electron chi connectivity index (χ0n) is 11.2. The zero-order chi connectivity index (χ0) is 13.8. The van der Waals surface area contributed by atoms with Crippen LogP contribution in [-0.4, -0.2) is 27.8 Å². The summed E-state index contributed by atoms with van der Waals surface area (Å²) in [6.07, 6.45) is 1.33. The molecule has 5 heteroatoms. The molecular weight excluding hydrogens is 250 g/mol. The van der Waals surface area contributed by atoms with E-state index < -0.39 is 9.84 Å². The lowest BCUT2D eigenvalue weighted by atomic mass is 10.1. The number of ether oxygens (including phenoxy) is 1. The minimum atomic E-state index is -3.22. The van der Waals surface area contributed by atoms with Gasteiger partial charge in [-0.15, -0.1) is 0 Å². The molecule has 0 spiro atoms. The summed E-state index contributed by atoms with van der Waals surface area (Å²) in [6, 6.07) is 3.46. The molecule has 1 aromatic rings. The number of nitrogens with two attached hydrogens (primary N) is 1. The van der Waals surface area contributed by atoms with Crippen LogP contribution in [0.3, 0.4) is 0 Å². The normalized spacial score (nSPS) is 11.6. The molecule has 0 aliphatic carbocycles. The van der Waals surface area contributed by atoms with E-state index in [-0.39, 0.29) is 5.75 Å². The van der Waals surface area contributed by atoms with Crippen molar-refractivity contribution in [1.29, 1.82) is 0 Å². The Hall–Kier alpha value is -1.07. The van der Waals surface area contributed by atoms with Crippen molar-refractivity contribution in [3.05, 3.63) is 23.3 Å². The molecule has 102 valence electrons.